The maximum atomic E-state index is 10.4. The van der Waals surface area contributed by atoms with Crippen molar-refractivity contribution < 1.29 is 19.3 Å². The fourth-order valence-corrected chi connectivity index (χ4v) is 6.09. The van der Waals surface area contributed by atoms with Gasteiger partial charge < -0.3 is 9.47 Å². The van der Waals surface area contributed by atoms with Gasteiger partial charge in [0.2, 0.25) is 0 Å². The summed E-state index contributed by atoms with van der Waals surface area (Å²) in [5, 5.41) is 10.4. The Morgan fingerprint density at radius 2 is 0.830 bits per heavy atom. The first-order valence-electron chi connectivity index (χ1n) is 21.0. The van der Waals surface area contributed by atoms with E-state index in [1.54, 1.807) is 0 Å². The summed E-state index contributed by atoms with van der Waals surface area (Å²) in [6, 6.07) is 0.119. The lowest BCUT2D eigenvalue weighted by atomic mass is 10.1. The Hall–Kier alpha value is -0.680. The van der Waals surface area contributed by atoms with Gasteiger partial charge in [-0.05, 0) is 71.1 Å². The molecule has 2 atom stereocenters. The van der Waals surface area contributed by atoms with Crippen LogP contribution >= 0.6 is 0 Å². The molecule has 0 aliphatic rings. The van der Waals surface area contributed by atoms with Gasteiger partial charge in [0.25, 0.3) is 0 Å². The largest absolute Gasteiger partial charge is 0.379 e. The lowest BCUT2D eigenvalue weighted by molar-refractivity contribution is -1.09. The highest BCUT2D eigenvalue weighted by Crippen LogP contribution is 2.15. The number of quaternary nitrogens is 1. The smallest absolute Gasteiger partial charge is 0.118 e. The molecule has 0 saturated carbocycles. The summed E-state index contributed by atoms with van der Waals surface area (Å²) in [5.41, 5.74) is 0. The van der Waals surface area contributed by atoms with Gasteiger partial charge in [-0.2, -0.15) is 4.65 Å². The Labute approximate surface area is 296 Å². The first-order chi connectivity index (χ1) is 22.9. The summed E-state index contributed by atoms with van der Waals surface area (Å²) in [5.74, 6) is 0. The van der Waals surface area contributed by atoms with Crippen molar-refractivity contribution in [3.05, 3.63) is 24.3 Å². The van der Waals surface area contributed by atoms with Crippen molar-refractivity contribution in [2.24, 2.45) is 0 Å². The van der Waals surface area contributed by atoms with Crippen LogP contribution in [0.1, 0.15) is 207 Å². The van der Waals surface area contributed by atoms with E-state index in [2.05, 4.69) is 45.1 Å². The van der Waals surface area contributed by atoms with Gasteiger partial charge >= 0.3 is 0 Å². The maximum absolute atomic E-state index is 10.4. The van der Waals surface area contributed by atoms with Gasteiger partial charge in [0.15, 0.2) is 0 Å². The molecule has 0 fully saturated rings. The molecule has 4 heteroatoms. The lowest BCUT2D eigenvalue weighted by Gasteiger charge is -2.30. The molecule has 0 amide bonds. The van der Waals surface area contributed by atoms with Gasteiger partial charge in [0.1, 0.15) is 6.04 Å². The number of rotatable bonds is 38. The van der Waals surface area contributed by atoms with E-state index >= 15 is 0 Å². The molecule has 0 aromatic rings. The van der Waals surface area contributed by atoms with Gasteiger partial charge in [0.05, 0.1) is 26.8 Å². The first kappa shape index (κ1) is 46.3. The summed E-state index contributed by atoms with van der Waals surface area (Å²) >= 11 is 0. The molecule has 0 bridgehead atoms. The summed E-state index contributed by atoms with van der Waals surface area (Å²) in [6.07, 6.45) is 47.6. The predicted molar refractivity (Wildman–Crippen MR) is 207 cm³/mol. The van der Waals surface area contributed by atoms with Crippen molar-refractivity contribution in [2.75, 3.05) is 33.9 Å². The molecule has 0 aromatic heterocycles. The molecule has 0 radical (unpaired) electrons. The monoisotopic (exact) mass is 665 g/mol. The third-order valence-corrected chi connectivity index (χ3v) is 9.80. The summed E-state index contributed by atoms with van der Waals surface area (Å²) in [6.45, 7) is 8.93. The summed E-state index contributed by atoms with van der Waals surface area (Å²) < 4.78 is 12.4. The quantitative estimate of drug-likeness (QED) is 0.0309. The van der Waals surface area contributed by atoms with E-state index < -0.39 is 0 Å². The van der Waals surface area contributed by atoms with Crippen LogP contribution in [0.5, 0.6) is 0 Å². The van der Waals surface area contributed by atoms with Crippen LogP contribution in [0, 0.1) is 0 Å². The number of nitrogens with zero attached hydrogens (tertiary/aromatic N) is 1. The van der Waals surface area contributed by atoms with Crippen molar-refractivity contribution in [3.8, 4) is 0 Å². The first-order valence-corrected chi connectivity index (χ1v) is 21.0. The lowest BCUT2D eigenvalue weighted by Crippen LogP contribution is -2.46. The Morgan fingerprint density at radius 3 is 1.21 bits per heavy atom. The van der Waals surface area contributed by atoms with Gasteiger partial charge in [0, 0.05) is 19.6 Å². The molecule has 0 spiro atoms. The molecule has 4 nitrogen and oxygen atoms in total. The highest BCUT2D eigenvalue weighted by Gasteiger charge is 2.26. The molecule has 0 heterocycles. The van der Waals surface area contributed by atoms with Crippen LogP contribution < -0.4 is 0 Å². The van der Waals surface area contributed by atoms with Crippen LogP contribution in [0.15, 0.2) is 24.3 Å². The summed E-state index contributed by atoms with van der Waals surface area (Å²) in [7, 11) is 3.70. The third kappa shape index (κ3) is 36.4. The molecule has 47 heavy (non-hydrogen) atoms. The fourth-order valence-electron chi connectivity index (χ4n) is 6.09. The van der Waals surface area contributed by atoms with Crippen molar-refractivity contribution in [1.29, 1.82) is 0 Å². The van der Waals surface area contributed by atoms with E-state index in [-0.39, 0.29) is 16.8 Å². The zero-order valence-electron chi connectivity index (χ0n) is 32.8. The summed E-state index contributed by atoms with van der Waals surface area (Å²) in [4.78, 5) is 0. The molecular formula is C43H86NO3+. The SMILES string of the molecule is CCCCCCCC/C=C\CCCCCCCCOCC(CC(C)[N+](C)(C)O)OCCCCCCCC/C=C\CCCCCCCC. The van der Waals surface area contributed by atoms with E-state index in [0.29, 0.717) is 6.61 Å². The Bertz CT molecular complexity index is 656. The molecule has 0 aliphatic carbocycles. The Balaban J connectivity index is 3.81. The van der Waals surface area contributed by atoms with Crippen LogP contribution in [-0.2, 0) is 9.47 Å². The molecular weight excluding hydrogens is 578 g/mol. The van der Waals surface area contributed by atoms with E-state index in [9.17, 15) is 5.21 Å². The van der Waals surface area contributed by atoms with E-state index in [4.69, 9.17) is 9.47 Å². The average molecular weight is 665 g/mol. The minimum atomic E-state index is -0.0248. The average Bonchev–Trinajstić information content (AvgIpc) is 3.04. The molecule has 2 unspecified atom stereocenters. The van der Waals surface area contributed by atoms with Crippen molar-refractivity contribution in [3.63, 3.8) is 0 Å². The number of allylic oxidation sites excluding steroid dienone is 4. The molecule has 0 rings (SSSR count). The topological polar surface area (TPSA) is 38.7 Å². The van der Waals surface area contributed by atoms with Crippen molar-refractivity contribution in [2.45, 2.75) is 219 Å². The third-order valence-electron chi connectivity index (χ3n) is 9.80. The Morgan fingerprint density at radius 1 is 0.489 bits per heavy atom. The number of hydrogen-bond acceptors (Lipinski definition) is 3. The minimum absolute atomic E-state index is 0.0248. The van der Waals surface area contributed by atoms with Gasteiger partial charge in [-0.25, -0.2) is 5.21 Å². The van der Waals surface area contributed by atoms with Crippen molar-refractivity contribution in [1.82, 2.24) is 0 Å². The predicted octanol–water partition coefficient (Wildman–Crippen LogP) is 13.7. The van der Waals surface area contributed by atoms with Gasteiger partial charge in [-0.15, -0.1) is 0 Å². The van der Waals surface area contributed by atoms with E-state index in [1.165, 1.54) is 167 Å². The molecule has 280 valence electrons. The second-order valence-corrected chi connectivity index (χ2v) is 15.0. The highest BCUT2D eigenvalue weighted by molar-refractivity contribution is 4.82. The number of hydroxylamine groups is 3. The number of hydrogen-bond donors (Lipinski definition) is 1. The van der Waals surface area contributed by atoms with Gasteiger partial charge in [-0.1, -0.05) is 154 Å². The van der Waals surface area contributed by atoms with Crippen LogP contribution in [-0.4, -0.2) is 55.9 Å². The van der Waals surface area contributed by atoms with E-state index in [1.807, 2.05) is 14.1 Å². The second kappa shape index (κ2) is 36.6. The van der Waals surface area contributed by atoms with Crippen LogP contribution in [0.2, 0.25) is 0 Å². The van der Waals surface area contributed by atoms with Crippen LogP contribution in [0.3, 0.4) is 0 Å². The van der Waals surface area contributed by atoms with Gasteiger partial charge in [-0.3, -0.25) is 0 Å². The van der Waals surface area contributed by atoms with Crippen molar-refractivity contribution >= 4 is 0 Å². The maximum Gasteiger partial charge on any atom is 0.118 e. The Kier molecular flexibility index (Phi) is 36.1. The highest BCUT2D eigenvalue weighted by atomic mass is 16.5. The van der Waals surface area contributed by atoms with Crippen LogP contribution in [0.25, 0.3) is 0 Å². The second-order valence-electron chi connectivity index (χ2n) is 15.0. The normalized spacial score (nSPS) is 13.7. The van der Waals surface area contributed by atoms with E-state index in [0.717, 1.165) is 32.5 Å². The molecule has 1 N–H and O–H groups in total. The zero-order chi connectivity index (χ0) is 34.5. The van der Waals surface area contributed by atoms with Crippen LogP contribution in [0.4, 0.5) is 0 Å². The number of unbranched alkanes of at least 4 members (excludes halogenated alkanes) is 24. The fraction of sp³-hybridized carbons (Fsp3) is 0.907. The molecule has 0 aromatic carbocycles. The minimum Gasteiger partial charge on any atom is -0.379 e. The number of ether oxygens (including phenoxy) is 2. The molecule has 0 saturated heterocycles. The standard InChI is InChI=1S/C43H86NO3/c1-6-8-10-12-14-16-18-20-22-24-26-28-30-32-34-36-38-46-41-43(40-42(3)44(4,5)45)47-39-37-35-33-31-29-27-25-23-21-19-17-15-13-11-9-7-2/h20-23,42-43,45H,6-19,24-41H2,1-5H3/q+1/b22-20-,23-21-. The zero-order valence-corrected chi connectivity index (χ0v) is 32.8. The molecule has 0 aliphatic heterocycles.